The Morgan fingerprint density at radius 1 is 1.33 bits per heavy atom. The number of hydrogen-bond donors (Lipinski definition) is 1. The second-order valence-corrected chi connectivity index (χ2v) is 6.23. The first-order valence-electron chi connectivity index (χ1n) is 6.63. The Morgan fingerprint density at radius 3 is 2.72 bits per heavy atom. The van der Waals surface area contributed by atoms with Crippen LogP contribution in [0.1, 0.15) is 26.3 Å². The van der Waals surface area contributed by atoms with Crippen molar-refractivity contribution >= 4 is 5.69 Å². The zero-order valence-electron chi connectivity index (χ0n) is 11.8. The van der Waals surface area contributed by atoms with E-state index in [1.165, 1.54) is 0 Å². The zero-order chi connectivity index (χ0) is 13.3. The summed E-state index contributed by atoms with van der Waals surface area (Å²) in [5.41, 5.74) is 1.66. The molecule has 0 spiro atoms. The van der Waals surface area contributed by atoms with Crippen LogP contribution in [-0.4, -0.2) is 25.7 Å². The fourth-order valence-electron chi connectivity index (χ4n) is 2.42. The maximum Gasteiger partial charge on any atom is 0.149 e. The van der Waals surface area contributed by atoms with Gasteiger partial charge in [-0.3, -0.25) is 0 Å². The van der Waals surface area contributed by atoms with E-state index < -0.39 is 0 Å². The number of halogens is 1. The molecule has 0 aromatic heterocycles. The van der Waals surface area contributed by atoms with Gasteiger partial charge >= 0.3 is 0 Å². The van der Waals surface area contributed by atoms with Gasteiger partial charge in [-0.15, -0.1) is 0 Å². The standard InChI is InChI=1S/C15H23FN2/c1-11-6-5-7-12(14(11)16)18-9-8-17-13(10-18)15(2,3)4/h5-7,13,17H,8-10H2,1-4H3. The van der Waals surface area contributed by atoms with Crippen LogP contribution in [0.15, 0.2) is 18.2 Å². The van der Waals surface area contributed by atoms with Crippen LogP contribution in [-0.2, 0) is 0 Å². The van der Waals surface area contributed by atoms with Crippen LogP contribution in [0.2, 0.25) is 0 Å². The van der Waals surface area contributed by atoms with Crippen LogP contribution in [0.25, 0.3) is 0 Å². The van der Waals surface area contributed by atoms with Crippen LogP contribution in [0, 0.1) is 18.2 Å². The highest BCUT2D eigenvalue weighted by molar-refractivity contribution is 5.50. The number of hydrogen-bond acceptors (Lipinski definition) is 2. The Hall–Kier alpha value is -1.09. The van der Waals surface area contributed by atoms with Crippen molar-refractivity contribution in [3.8, 4) is 0 Å². The van der Waals surface area contributed by atoms with Gasteiger partial charge < -0.3 is 10.2 Å². The first-order chi connectivity index (χ1) is 8.39. The monoisotopic (exact) mass is 250 g/mol. The molecule has 0 radical (unpaired) electrons. The van der Waals surface area contributed by atoms with E-state index in [1.807, 2.05) is 25.1 Å². The molecule has 1 aliphatic rings. The van der Waals surface area contributed by atoms with E-state index in [2.05, 4.69) is 31.0 Å². The summed E-state index contributed by atoms with van der Waals surface area (Å²) in [4.78, 5) is 2.16. The van der Waals surface area contributed by atoms with E-state index >= 15 is 0 Å². The minimum atomic E-state index is -0.0768. The molecule has 1 heterocycles. The smallest absolute Gasteiger partial charge is 0.149 e. The second kappa shape index (κ2) is 4.88. The van der Waals surface area contributed by atoms with Crippen molar-refractivity contribution in [1.29, 1.82) is 0 Å². The minimum Gasteiger partial charge on any atom is -0.366 e. The van der Waals surface area contributed by atoms with Crippen molar-refractivity contribution in [3.63, 3.8) is 0 Å². The lowest BCUT2D eigenvalue weighted by atomic mass is 9.85. The van der Waals surface area contributed by atoms with Gasteiger partial charge in [0.05, 0.1) is 5.69 Å². The van der Waals surface area contributed by atoms with Gasteiger partial charge in [-0.1, -0.05) is 32.9 Å². The summed E-state index contributed by atoms with van der Waals surface area (Å²) in [5, 5.41) is 3.53. The van der Waals surface area contributed by atoms with E-state index in [4.69, 9.17) is 0 Å². The zero-order valence-corrected chi connectivity index (χ0v) is 11.8. The molecule has 1 aromatic rings. The van der Waals surface area contributed by atoms with E-state index in [0.717, 1.165) is 30.9 Å². The SMILES string of the molecule is Cc1cccc(N2CCNC(C(C)(C)C)C2)c1F. The van der Waals surface area contributed by atoms with E-state index in [1.54, 1.807) is 0 Å². The molecule has 100 valence electrons. The largest absolute Gasteiger partial charge is 0.366 e. The molecule has 0 bridgehead atoms. The molecule has 1 fully saturated rings. The van der Waals surface area contributed by atoms with E-state index in [9.17, 15) is 4.39 Å². The van der Waals surface area contributed by atoms with Crippen LogP contribution in [0.3, 0.4) is 0 Å². The summed E-state index contributed by atoms with van der Waals surface area (Å²) in [6.07, 6.45) is 0. The number of nitrogens with zero attached hydrogens (tertiary/aromatic N) is 1. The number of nitrogens with one attached hydrogen (secondary N) is 1. The predicted octanol–water partition coefficient (Wildman–Crippen LogP) is 2.96. The molecule has 18 heavy (non-hydrogen) atoms. The number of rotatable bonds is 1. The van der Waals surface area contributed by atoms with Crippen molar-refractivity contribution in [2.75, 3.05) is 24.5 Å². The molecule has 1 unspecified atom stereocenters. The maximum atomic E-state index is 14.1. The molecular weight excluding hydrogens is 227 g/mol. The Bertz CT molecular complexity index is 423. The van der Waals surface area contributed by atoms with Crippen molar-refractivity contribution in [3.05, 3.63) is 29.6 Å². The predicted molar refractivity (Wildman–Crippen MR) is 74.6 cm³/mol. The second-order valence-electron chi connectivity index (χ2n) is 6.23. The van der Waals surface area contributed by atoms with Crippen molar-refractivity contribution in [1.82, 2.24) is 5.32 Å². The van der Waals surface area contributed by atoms with E-state index in [-0.39, 0.29) is 11.2 Å². The molecule has 1 saturated heterocycles. The summed E-state index contributed by atoms with van der Waals surface area (Å²) < 4.78 is 14.1. The first-order valence-corrected chi connectivity index (χ1v) is 6.63. The molecule has 0 saturated carbocycles. The average Bonchev–Trinajstić information content (AvgIpc) is 2.32. The summed E-state index contributed by atoms with van der Waals surface area (Å²) in [6, 6.07) is 6.03. The van der Waals surface area contributed by atoms with Gasteiger partial charge in [0.1, 0.15) is 5.82 Å². The average molecular weight is 250 g/mol. The third-order valence-corrected chi connectivity index (χ3v) is 3.73. The quantitative estimate of drug-likeness (QED) is 0.824. The topological polar surface area (TPSA) is 15.3 Å². The Balaban J connectivity index is 2.21. The molecule has 0 amide bonds. The lowest BCUT2D eigenvalue weighted by Crippen LogP contribution is -2.56. The number of aryl methyl sites for hydroxylation is 1. The lowest BCUT2D eigenvalue weighted by molar-refractivity contribution is 0.253. The van der Waals surface area contributed by atoms with Gasteiger partial charge in [0.25, 0.3) is 0 Å². The molecular formula is C15H23FN2. The van der Waals surface area contributed by atoms with Crippen LogP contribution >= 0.6 is 0 Å². The maximum absolute atomic E-state index is 14.1. The van der Waals surface area contributed by atoms with Gasteiger partial charge in [-0.25, -0.2) is 4.39 Å². The van der Waals surface area contributed by atoms with Gasteiger partial charge in [0.15, 0.2) is 0 Å². The molecule has 2 rings (SSSR count). The molecule has 1 aromatic carbocycles. The summed E-state index contributed by atoms with van der Waals surface area (Å²) in [5.74, 6) is -0.0768. The fraction of sp³-hybridized carbons (Fsp3) is 0.600. The van der Waals surface area contributed by atoms with Crippen molar-refractivity contribution < 1.29 is 4.39 Å². The van der Waals surface area contributed by atoms with Gasteiger partial charge in [0, 0.05) is 25.7 Å². The minimum absolute atomic E-state index is 0.0768. The Kier molecular flexibility index (Phi) is 3.62. The summed E-state index contributed by atoms with van der Waals surface area (Å²) in [6.45, 7) is 11.1. The first kappa shape index (κ1) is 13.3. The summed E-state index contributed by atoms with van der Waals surface area (Å²) >= 11 is 0. The van der Waals surface area contributed by atoms with Gasteiger partial charge in [0.2, 0.25) is 0 Å². The highest BCUT2D eigenvalue weighted by Crippen LogP contribution is 2.27. The van der Waals surface area contributed by atoms with Gasteiger partial charge in [-0.05, 0) is 24.0 Å². The molecule has 2 nitrogen and oxygen atoms in total. The molecule has 1 atom stereocenters. The number of anilines is 1. The van der Waals surface area contributed by atoms with Crippen LogP contribution in [0.4, 0.5) is 10.1 Å². The van der Waals surface area contributed by atoms with Crippen molar-refractivity contribution in [2.45, 2.75) is 33.7 Å². The third kappa shape index (κ3) is 2.66. The Morgan fingerprint density at radius 2 is 2.06 bits per heavy atom. The lowest BCUT2D eigenvalue weighted by Gasteiger charge is -2.41. The highest BCUT2D eigenvalue weighted by Gasteiger charge is 2.30. The van der Waals surface area contributed by atoms with Gasteiger partial charge in [-0.2, -0.15) is 0 Å². The Labute approximate surface area is 109 Å². The van der Waals surface area contributed by atoms with E-state index in [0.29, 0.717) is 6.04 Å². The fourth-order valence-corrected chi connectivity index (χ4v) is 2.42. The summed E-state index contributed by atoms with van der Waals surface area (Å²) in [7, 11) is 0. The normalized spacial score (nSPS) is 21.2. The number of benzene rings is 1. The number of piperazine rings is 1. The van der Waals surface area contributed by atoms with Crippen LogP contribution < -0.4 is 10.2 Å². The molecule has 0 aliphatic carbocycles. The highest BCUT2D eigenvalue weighted by atomic mass is 19.1. The molecule has 1 N–H and O–H groups in total. The van der Waals surface area contributed by atoms with Crippen LogP contribution in [0.5, 0.6) is 0 Å². The van der Waals surface area contributed by atoms with Crippen molar-refractivity contribution in [2.24, 2.45) is 5.41 Å². The third-order valence-electron chi connectivity index (χ3n) is 3.73. The molecule has 3 heteroatoms. The molecule has 1 aliphatic heterocycles.